The van der Waals surface area contributed by atoms with Crippen LogP contribution in [-0.2, 0) is 0 Å². The molecule has 6 heterocycles. The first-order chi connectivity index (χ1) is 20.3. The van der Waals surface area contributed by atoms with E-state index in [9.17, 15) is 8.78 Å². The van der Waals surface area contributed by atoms with Gasteiger partial charge in [0.1, 0.15) is 29.9 Å². The van der Waals surface area contributed by atoms with Gasteiger partial charge in [-0.1, -0.05) is 22.9 Å². The van der Waals surface area contributed by atoms with Crippen LogP contribution in [0.2, 0.25) is 5.02 Å². The van der Waals surface area contributed by atoms with Crippen LogP contribution < -0.4 is 20.7 Å². The van der Waals surface area contributed by atoms with Gasteiger partial charge in [-0.3, -0.25) is 4.90 Å². The monoisotopic (exact) mass is 615 g/mol. The third-order valence-electron chi connectivity index (χ3n) is 9.44. The molecule has 0 radical (unpaired) electrons. The lowest BCUT2D eigenvalue weighted by Crippen LogP contribution is -2.43. The Morgan fingerprint density at radius 2 is 2.05 bits per heavy atom. The SMILES string of the molecule is Nc1nc2c(-c3c(Cl)cc4c(N5CC6CNCC5C6)nc(OC[C@@]56CCCN5C[C@H](F)C6)nc4c3F)ccc(F)c2s1. The van der Waals surface area contributed by atoms with Crippen molar-refractivity contribution in [3.63, 3.8) is 0 Å². The van der Waals surface area contributed by atoms with E-state index in [4.69, 9.17) is 27.1 Å². The van der Waals surface area contributed by atoms with Crippen molar-refractivity contribution < 1.29 is 17.9 Å². The first-order valence-electron chi connectivity index (χ1n) is 14.3. The Hall–Kier alpha value is -2.93. The molecule has 0 spiro atoms. The molecule has 42 heavy (non-hydrogen) atoms. The molecule has 4 fully saturated rings. The zero-order chi connectivity index (χ0) is 28.7. The molecule has 220 valence electrons. The number of nitrogens with one attached hydrogen (secondary N) is 1. The third kappa shape index (κ3) is 4.13. The maximum atomic E-state index is 16.7. The number of hydrogen-bond acceptors (Lipinski definition) is 9. The molecule has 2 bridgehead atoms. The van der Waals surface area contributed by atoms with Crippen LogP contribution in [-0.4, -0.2) is 76.9 Å². The fraction of sp³-hybridized carbons (Fsp3) is 0.483. The molecule has 3 N–H and O–H groups in total. The number of nitrogens with two attached hydrogens (primary N) is 1. The topological polar surface area (TPSA) is 92.4 Å². The van der Waals surface area contributed by atoms with Crippen molar-refractivity contribution >= 4 is 55.0 Å². The van der Waals surface area contributed by atoms with Crippen molar-refractivity contribution in [2.24, 2.45) is 5.92 Å². The lowest BCUT2D eigenvalue weighted by molar-refractivity contribution is 0.107. The summed E-state index contributed by atoms with van der Waals surface area (Å²) < 4.78 is 52.2. The number of nitrogens with zero attached hydrogens (tertiary/aromatic N) is 5. The minimum atomic E-state index is -0.896. The lowest BCUT2D eigenvalue weighted by atomic mass is 9.95. The Bertz CT molecular complexity index is 1740. The highest BCUT2D eigenvalue weighted by atomic mass is 35.5. The molecule has 2 unspecified atom stereocenters. The number of hydrogen-bond donors (Lipinski definition) is 2. The Labute approximate surface area is 249 Å². The van der Waals surface area contributed by atoms with E-state index in [0.29, 0.717) is 35.7 Å². The van der Waals surface area contributed by atoms with Gasteiger partial charge < -0.3 is 20.7 Å². The summed E-state index contributed by atoms with van der Waals surface area (Å²) in [5.41, 5.74) is 6.18. The minimum absolute atomic E-state index is 0.0461. The lowest BCUT2D eigenvalue weighted by Gasteiger charge is -2.31. The van der Waals surface area contributed by atoms with E-state index in [1.165, 1.54) is 12.1 Å². The van der Waals surface area contributed by atoms with Crippen molar-refractivity contribution in [3.8, 4) is 17.1 Å². The van der Waals surface area contributed by atoms with Gasteiger partial charge in [-0.25, -0.2) is 18.2 Å². The molecule has 0 saturated carbocycles. The molecule has 4 aliphatic rings. The normalized spacial score (nSPS) is 27.4. The Kier molecular flexibility index (Phi) is 6.22. The predicted octanol–water partition coefficient (Wildman–Crippen LogP) is 5.17. The van der Waals surface area contributed by atoms with Crippen molar-refractivity contribution in [2.45, 2.75) is 43.4 Å². The summed E-state index contributed by atoms with van der Waals surface area (Å²) in [5, 5.41) is 4.26. The smallest absolute Gasteiger partial charge is 0.319 e. The predicted molar refractivity (Wildman–Crippen MR) is 158 cm³/mol. The number of thiazole rings is 1. The number of anilines is 2. The van der Waals surface area contributed by atoms with Gasteiger partial charge in [-0.2, -0.15) is 9.97 Å². The number of nitrogen functional groups attached to an aromatic ring is 1. The number of aromatic nitrogens is 3. The minimum Gasteiger partial charge on any atom is -0.461 e. The van der Waals surface area contributed by atoms with Crippen LogP contribution in [0.3, 0.4) is 0 Å². The molecular weight excluding hydrogens is 587 g/mol. The average Bonchev–Trinajstić information content (AvgIpc) is 3.69. The van der Waals surface area contributed by atoms with Gasteiger partial charge >= 0.3 is 6.01 Å². The molecule has 13 heteroatoms. The standard InChI is InChI=1S/C29H29ClF3N7OS/c30-19-7-18-23(22(33)21(19)17-2-3-20(32)25-24(17)36-27(34)42-25)37-28(38-26(18)40-11-14-6-16(40)10-35-9-14)41-13-29-4-1-5-39(29)12-15(31)8-29/h2-3,7,14-16,35H,1,4-6,8-13H2,(H2,34,36)/t14?,15-,16?,29+/m1/s1. The highest BCUT2D eigenvalue weighted by Gasteiger charge is 2.49. The van der Waals surface area contributed by atoms with Gasteiger partial charge in [0.25, 0.3) is 0 Å². The third-order valence-corrected chi connectivity index (χ3v) is 10.6. The average molecular weight is 616 g/mol. The summed E-state index contributed by atoms with van der Waals surface area (Å²) in [6.07, 6.45) is 2.33. The van der Waals surface area contributed by atoms with E-state index in [-0.39, 0.29) is 50.1 Å². The molecule has 4 aromatic rings. The van der Waals surface area contributed by atoms with Crippen LogP contribution in [0.25, 0.3) is 32.2 Å². The van der Waals surface area contributed by atoms with Crippen LogP contribution in [0.1, 0.15) is 25.7 Å². The van der Waals surface area contributed by atoms with Crippen LogP contribution in [0.5, 0.6) is 6.01 Å². The van der Waals surface area contributed by atoms with Gasteiger partial charge in [0.2, 0.25) is 0 Å². The van der Waals surface area contributed by atoms with Crippen molar-refractivity contribution in [1.29, 1.82) is 0 Å². The van der Waals surface area contributed by atoms with Crippen molar-refractivity contribution in [3.05, 3.63) is 34.9 Å². The molecule has 0 aliphatic carbocycles. The Morgan fingerprint density at radius 3 is 2.90 bits per heavy atom. The van der Waals surface area contributed by atoms with Crippen LogP contribution >= 0.6 is 22.9 Å². The Balaban J connectivity index is 1.28. The summed E-state index contributed by atoms with van der Waals surface area (Å²) in [7, 11) is 0. The number of halogens is 4. The second-order valence-corrected chi connectivity index (χ2v) is 13.5. The number of ether oxygens (including phenoxy) is 1. The van der Waals surface area contributed by atoms with E-state index in [2.05, 4.69) is 25.1 Å². The van der Waals surface area contributed by atoms with Crippen molar-refractivity contribution in [2.75, 3.05) is 50.0 Å². The number of fused-ring (bicyclic) bond motifs is 5. The second-order valence-electron chi connectivity index (χ2n) is 12.0. The maximum Gasteiger partial charge on any atom is 0.319 e. The van der Waals surface area contributed by atoms with Gasteiger partial charge in [0.15, 0.2) is 10.9 Å². The molecule has 8 nitrogen and oxygen atoms in total. The maximum absolute atomic E-state index is 16.7. The largest absolute Gasteiger partial charge is 0.461 e. The number of benzene rings is 2. The fourth-order valence-electron chi connectivity index (χ4n) is 7.60. The number of rotatable bonds is 5. The highest BCUT2D eigenvalue weighted by molar-refractivity contribution is 7.22. The van der Waals surface area contributed by atoms with Gasteiger partial charge in [0, 0.05) is 48.6 Å². The van der Waals surface area contributed by atoms with Gasteiger partial charge in [-0.05, 0) is 56.5 Å². The summed E-state index contributed by atoms with van der Waals surface area (Å²) in [5.74, 6) is -0.143. The van der Waals surface area contributed by atoms with E-state index in [1.807, 2.05) is 0 Å². The van der Waals surface area contributed by atoms with Gasteiger partial charge in [0.05, 0.1) is 20.8 Å². The molecular formula is C29H29ClF3N7OS. The van der Waals surface area contributed by atoms with E-state index >= 15 is 4.39 Å². The molecule has 2 aromatic heterocycles. The van der Waals surface area contributed by atoms with Crippen LogP contribution in [0.15, 0.2) is 18.2 Å². The fourth-order valence-corrected chi connectivity index (χ4v) is 8.66. The summed E-state index contributed by atoms with van der Waals surface area (Å²) in [6, 6.07) is 4.64. The first kappa shape index (κ1) is 26.7. The number of piperidine rings is 1. The van der Waals surface area contributed by atoms with E-state index < -0.39 is 23.3 Å². The zero-order valence-corrected chi connectivity index (χ0v) is 24.2. The molecule has 0 amide bonds. The second kappa shape index (κ2) is 9.80. The van der Waals surface area contributed by atoms with Crippen LogP contribution in [0.4, 0.5) is 24.1 Å². The molecule has 4 aliphatic heterocycles. The Morgan fingerprint density at radius 1 is 1.17 bits per heavy atom. The highest BCUT2D eigenvalue weighted by Crippen LogP contribution is 2.45. The molecule has 2 aromatic carbocycles. The summed E-state index contributed by atoms with van der Waals surface area (Å²) in [4.78, 5) is 18.0. The number of alkyl halides is 1. The molecule has 4 atom stereocenters. The zero-order valence-electron chi connectivity index (χ0n) is 22.7. The van der Waals surface area contributed by atoms with E-state index in [1.54, 1.807) is 6.07 Å². The molecule has 8 rings (SSSR count). The summed E-state index contributed by atoms with van der Waals surface area (Å²) >= 11 is 7.79. The van der Waals surface area contributed by atoms with E-state index in [0.717, 1.165) is 56.8 Å². The van der Waals surface area contributed by atoms with Crippen LogP contribution in [0, 0.1) is 17.6 Å². The summed E-state index contributed by atoms with van der Waals surface area (Å²) in [6.45, 7) is 3.94. The first-order valence-corrected chi connectivity index (χ1v) is 15.5. The van der Waals surface area contributed by atoms with Gasteiger partial charge in [-0.15, -0.1) is 0 Å². The quantitative estimate of drug-likeness (QED) is 0.318. The molecule has 4 saturated heterocycles. The van der Waals surface area contributed by atoms with Crippen molar-refractivity contribution in [1.82, 2.24) is 25.2 Å².